The van der Waals surface area contributed by atoms with Crippen LogP contribution < -0.4 is 5.73 Å². The monoisotopic (exact) mass is 176 g/mol. The van der Waals surface area contributed by atoms with Crippen LogP contribution in [0.15, 0.2) is 18.5 Å². The number of pyridine rings is 1. The second-order valence-corrected chi connectivity index (χ2v) is 3.50. The first-order chi connectivity index (χ1) is 6.15. The molecule has 0 bridgehead atoms. The molecule has 0 unspecified atom stereocenters. The van der Waals surface area contributed by atoms with E-state index >= 15 is 0 Å². The third kappa shape index (κ3) is 2.31. The molecule has 0 spiro atoms. The topological polar surface area (TPSA) is 38.9 Å². The first-order valence-electron chi connectivity index (χ1n) is 4.50. The number of aryl methyl sites for hydroxylation is 1. The Labute approximate surface area is 79.5 Å². The van der Waals surface area contributed by atoms with E-state index < -0.39 is 0 Å². The summed E-state index contributed by atoms with van der Waals surface area (Å²) in [6, 6.07) is 2.16. The fourth-order valence-electron chi connectivity index (χ4n) is 1.30. The van der Waals surface area contributed by atoms with Crippen molar-refractivity contribution in [3.63, 3.8) is 0 Å². The van der Waals surface area contributed by atoms with Crippen LogP contribution >= 0.6 is 0 Å². The molecule has 0 saturated heterocycles. The molecule has 0 saturated carbocycles. The van der Waals surface area contributed by atoms with E-state index in [1.165, 1.54) is 17.3 Å². The minimum absolute atomic E-state index is 0.485. The van der Waals surface area contributed by atoms with Crippen LogP contribution in [0, 0.1) is 6.92 Å². The molecule has 1 aromatic rings. The Morgan fingerprint density at radius 3 is 2.69 bits per heavy atom. The van der Waals surface area contributed by atoms with Gasteiger partial charge in [-0.15, -0.1) is 0 Å². The van der Waals surface area contributed by atoms with Crippen LogP contribution in [0.2, 0.25) is 0 Å². The van der Waals surface area contributed by atoms with Crippen LogP contribution in [0.4, 0.5) is 0 Å². The van der Waals surface area contributed by atoms with Crippen molar-refractivity contribution in [2.75, 3.05) is 0 Å². The summed E-state index contributed by atoms with van der Waals surface area (Å²) in [4.78, 5) is 4.32. The Morgan fingerprint density at radius 2 is 2.15 bits per heavy atom. The molecule has 0 aromatic carbocycles. The number of aromatic nitrogens is 1. The summed E-state index contributed by atoms with van der Waals surface area (Å²) in [5.41, 5.74) is 8.77. The molecule has 1 heterocycles. The second kappa shape index (κ2) is 4.08. The zero-order valence-electron chi connectivity index (χ0n) is 8.41. The van der Waals surface area contributed by atoms with Crippen LogP contribution in [0.3, 0.4) is 0 Å². The lowest BCUT2D eigenvalue weighted by molar-refractivity contribution is 0.851. The normalized spacial score (nSPS) is 11.4. The van der Waals surface area contributed by atoms with Crippen molar-refractivity contribution < 1.29 is 0 Å². The van der Waals surface area contributed by atoms with E-state index in [4.69, 9.17) is 5.73 Å². The van der Waals surface area contributed by atoms with Gasteiger partial charge in [0.2, 0.25) is 0 Å². The molecule has 2 heteroatoms. The third-order valence-electron chi connectivity index (χ3n) is 1.96. The molecule has 0 aliphatic heterocycles. The highest BCUT2D eigenvalue weighted by molar-refractivity contribution is 5.50. The average Bonchev–Trinajstić information content (AvgIpc) is 2.08. The first-order valence-corrected chi connectivity index (χ1v) is 4.50. The summed E-state index contributed by atoms with van der Waals surface area (Å²) in [6.45, 7) is 6.36. The van der Waals surface area contributed by atoms with Crippen LogP contribution in [0.1, 0.15) is 36.6 Å². The van der Waals surface area contributed by atoms with Gasteiger partial charge in [-0.3, -0.25) is 4.98 Å². The van der Waals surface area contributed by atoms with Crippen molar-refractivity contribution in [2.45, 2.75) is 26.7 Å². The SMILES string of the molecule is Cc1cnc(/C=C\N)c(C(C)C)c1. The molecule has 0 fully saturated rings. The molecule has 13 heavy (non-hydrogen) atoms. The van der Waals surface area contributed by atoms with E-state index in [9.17, 15) is 0 Å². The predicted molar refractivity (Wildman–Crippen MR) is 56.3 cm³/mol. The van der Waals surface area contributed by atoms with Gasteiger partial charge in [-0.2, -0.15) is 0 Å². The van der Waals surface area contributed by atoms with Gasteiger partial charge in [0.25, 0.3) is 0 Å². The lowest BCUT2D eigenvalue weighted by Gasteiger charge is -2.09. The number of rotatable bonds is 2. The van der Waals surface area contributed by atoms with Gasteiger partial charge in [-0.05, 0) is 36.2 Å². The highest BCUT2D eigenvalue weighted by Gasteiger charge is 2.05. The van der Waals surface area contributed by atoms with Crippen LogP contribution in [-0.2, 0) is 0 Å². The zero-order valence-corrected chi connectivity index (χ0v) is 8.41. The Hall–Kier alpha value is -1.31. The lowest BCUT2D eigenvalue weighted by Crippen LogP contribution is -1.96. The van der Waals surface area contributed by atoms with Gasteiger partial charge in [0.15, 0.2) is 0 Å². The smallest absolute Gasteiger partial charge is 0.0678 e. The molecular weight excluding hydrogens is 160 g/mol. The van der Waals surface area contributed by atoms with Gasteiger partial charge in [0.05, 0.1) is 5.69 Å². The Balaban J connectivity index is 3.18. The van der Waals surface area contributed by atoms with Gasteiger partial charge in [0, 0.05) is 6.20 Å². The maximum Gasteiger partial charge on any atom is 0.0678 e. The van der Waals surface area contributed by atoms with Crippen molar-refractivity contribution in [3.8, 4) is 0 Å². The van der Waals surface area contributed by atoms with E-state index in [2.05, 4.69) is 31.8 Å². The van der Waals surface area contributed by atoms with Gasteiger partial charge in [-0.1, -0.05) is 19.9 Å². The molecule has 0 aliphatic rings. The van der Waals surface area contributed by atoms with Crippen LogP contribution in [-0.4, -0.2) is 4.98 Å². The van der Waals surface area contributed by atoms with Crippen molar-refractivity contribution in [2.24, 2.45) is 5.73 Å². The van der Waals surface area contributed by atoms with Gasteiger partial charge >= 0.3 is 0 Å². The summed E-state index contributed by atoms with van der Waals surface area (Å²) < 4.78 is 0. The van der Waals surface area contributed by atoms with Crippen molar-refractivity contribution in [3.05, 3.63) is 35.3 Å². The minimum atomic E-state index is 0.485. The molecule has 0 amide bonds. The Kier molecular flexibility index (Phi) is 3.07. The maximum atomic E-state index is 5.35. The van der Waals surface area contributed by atoms with Crippen molar-refractivity contribution >= 4 is 6.08 Å². The van der Waals surface area contributed by atoms with Gasteiger partial charge < -0.3 is 5.73 Å². The molecule has 70 valence electrons. The minimum Gasteiger partial charge on any atom is -0.405 e. The van der Waals surface area contributed by atoms with Gasteiger partial charge in [0.1, 0.15) is 0 Å². The summed E-state index contributed by atoms with van der Waals surface area (Å²) in [5.74, 6) is 0.485. The summed E-state index contributed by atoms with van der Waals surface area (Å²) in [7, 11) is 0. The summed E-state index contributed by atoms with van der Waals surface area (Å²) >= 11 is 0. The number of nitrogens with zero attached hydrogens (tertiary/aromatic N) is 1. The van der Waals surface area contributed by atoms with E-state index in [1.807, 2.05) is 12.3 Å². The zero-order chi connectivity index (χ0) is 9.84. The summed E-state index contributed by atoms with van der Waals surface area (Å²) in [5, 5.41) is 0. The molecule has 1 aromatic heterocycles. The summed E-state index contributed by atoms with van der Waals surface area (Å²) in [6.07, 6.45) is 5.24. The Morgan fingerprint density at radius 1 is 1.46 bits per heavy atom. The number of nitrogens with two attached hydrogens (primary N) is 1. The molecule has 2 N–H and O–H groups in total. The quantitative estimate of drug-likeness (QED) is 0.751. The number of hydrogen-bond donors (Lipinski definition) is 1. The first kappa shape index (κ1) is 9.78. The number of hydrogen-bond acceptors (Lipinski definition) is 2. The van der Waals surface area contributed by atoms with Crippen LogP contribution in [0.25, 0.3) is 6.08 Å². The van der Waals surface area contributed by atoms with Crippen molar-refractivity contribution in [1.82, 2.24) is 4.98 Å². The van der Waals surface area contributed by atoms with Crippen LogP contribution in [0.5, 0.6) is 0 Å². The second-order valence-electron chi connectivity index (χ2n) is 3.50. The highest BCUT2D eigenvalue weighted by Crippen LogP contribution is 2.19. The van der Waals surface area contributed by atoms with E-state index in [0.717, 1.165) is 5.69 Å². The van der Waals surface area contributed by atoms with E-state index in [0.29, 0.717) is 5.92 Å². The van der Waals surface area contributed by atoms with Crippen molar-refractivity contribution in [1.29, 1.82) is 0 Å². The third-order valence-corrected chi connectivity index (χ3v) is 1.96. The maximum absolute atomic E-state index is 5.35. The molecule has 0 atom stereocenters. The fourth-order valence-corrected chi connectivity index (χ4v) is 1.30. The molecule has 2 nitrogen and oxygen atoms in total. The average molecular weight is 176 g/mol. The lowest BCUT2D eigenvalue weighted by atomic mass is 10.00. The van der Waals surface area contributed by atoms with Gasteiger partial charge in [-0.25, -0.2) is 0 Å². The standard InChI is InChI=1S/C11H16N2/c1-8(2)10-6-9(3)7-13-11(10)4-5-12/h4-8H,12H2,1-3H3/b5-4-. The fraction of sp³-hybridized carbons (Fsp3) is 0.364. The van der Waals surface area contributed by atoms with E-state index in [-0.39, 0.29) is 0 Å². The molecule has 0 aliphatic carbocycles. The largest absolute Gasteiger partial charge is 0.405 e. The molecule has 1 rings (SSSR count). The van der Waals surface area contributed by atoms with E-state index in [1.54, 1.807) is 0 Å². The molecular formula is C11H16N2. The Bertz CT molecular complexity index is 314. The predicted octanol–water partition coefficient (Wildman–Crippen LogP) is 2.44. The molecule has 0 radical (unpaired) electrons. The highest BCUT2D eigenvalue weighted by atomic mass is 14.7.